The molecule has 0 N–H and O–H groups in total. The highest BCUT2D eigenvalue weighted by Gasteiger charge is 2.51. The SMILES string of the molecule is CC(=O)O[Si](CCCOC(C)=S)(OC(C)=O)OC(C)=O. The maximum absolute atomic E-state index is 11.1. The van der Waals surface area contributed by atoms with Gasteiger partial charge in [-0.05, 0) is 18.6 Å². The molecule has 0 heterocycles. The predicted molar refractivity (Wildman–Crippen MR) is 74.7 cm³/mol. The van der Waals surface area contributed by atoms with E-state index in [1.807, 2.05) is 0 Å². The molecule has 0 atom stereocenters. The molecular formula is C11H18O7SSi. The third-order valence-electron chi connectivity index (χ3n) is 1.83. The highest BCUT2D eigenvalue weighted by molar-refractivity contribution is 7.80. The molecule has 0 rings (SSSR count). The second-order valence-corrected chi connectivity index (χ2v) is 6.96. The summed E-state index contributed by atoms with van der Waals surface area (Å²) in [5.41, 5.74) is 0. The Morgan fingerprint density at radius 3 is 1.60 bits per heavy atom. The Hall–Kier alpha value is -1.48. The molecule has 0 aliphatic carbocycles. The van der Waals surface area contributed by atoms with Crippen molar-refractivity contribution >= 4 is 44.0 Å². The van der Waals surface area contributed by atoms with E-state index in [1.54, 1.807) is 6.92 Å². The fraction of sp³-hybridized carbons (Fsp3) is 0.636. The summed E-state index contributed by atoms with van der Waals surface area (Å²) in [6.07, 6.45) is 0.355. The van der Waals surface area contributed by atoms with Gasteiger partial charge in [-0.25, -0.2) is 0 Å². The summed E-state index contributed by atoms with van der Waals surface area (Å²) in [5.74, 6) is -2.07. The summed E-state index contributed by atoms with van der Waals surface area (Å²) in [6, 6.07) is 0.0777. The van der Waals surface area contributed by atoms with Crippen LogP contribution in [0, 0.1) is 0 Å². The zero-order valence-electron chi connectivity index (χ0n) is 11.9. The van der Waals surface area contributed by atoms with Gasteiger partial charge < -0.3 is 18.0 Å². The van der Waals surface area contributed by atoms with Crippen molar-refractivity contribution in [2.75, 3.05) is 6.61 Å². The first-order valence-electron chi connectivity index (χ1n) is 5.89. The minimum absolute atomic E-state index is 0.0777. The van der Waals surface area contributed by atoms with Gasteiger partial charge in [0.15, 0.2) is 5.05 Å². The van der Waals surface area contributed by atoms with Crippen molar-refractivity contribution in [3.05, 3.63) is 0 Å². The Morgan fingerprint density at radius 2 is 1.30 bits per heavy atom. The van der Waals surface area contributed by atoms with E-state index in [9.17, 15) is 14.4 Å². The first-order valence-corrected chi connectivity index (χ1v) is 8.23. The van der Waals surface area contributed by atoms with Crippen molar-refractivity contribution in [3.63, 3.8) is 0 Å². The summed E-state index contributed by atoms with van der Waals surface area (Å²) in [6.45, 7) is 5.29. The number of ether oxygens (including phenoxy) is 1. The molecule has 0 bridgehead atoms. The second-order valence-electron chi connectivity index (χ2n) is 3.91. The quantitative estimate of drug-likeness (QED) is 0.394. The molecule has 9 heteroatoms. The molecule has 7 nitrogen and oxygen atoms in total. The van der Waals surface area contributed by atoms with Gasteiger partial charge >= 0.3 is 8.80 Å². The zero-order chi connectivity index (χ0) is 15.8. The molecule has 0 aliphatic heterocycles. The molecule has 0 amide bonds. The Balaban J connectivity index is 4.85. The van der Waals surface area contributed by atoms with Crippen molar-refractivity contribution in [3.8, 4) is 0 Å². The molecule has 0 saturated heterocycles. The van der Waals surface area contributed by atoms with E-state index < -0.39 is 26.7 Å². The van der Waals surface area contributed by atoms with E-state index in [0.717, 1.165) is 20.8 Å². The third-order valence-corrected chi connectivity index (χ3v) is 4.71. The number of hydrogen-bond donors (Lipinski definition) is 0. The molecule has 0 aromatic heterocycles. The van der Waals surface area contributed by atoms with Crippen LogP contribution in [0.1, 0.15) is 34.1 Å². The van der Waals surface area contributed by atoms with Gasteiger partial charge in [0, 0.05) is 27.7 Å². The first-order chi connectivity index (χ1) is 9.17. The average Bonchev–Trinajstić information content (AvgIpc) is 2.20. The second kappa shape index (κ2) is 8.64. The standard InChI is InChI=1S/C11H18O7SSi/c1-8(12)16-20(17-9(2)13,18-10(3)14)7-5-6-15-11(4)19/h5-7H2,1-4H3. The van der Waals surface area contributed by atoms with E-state index in [-0.39, 0.29) is 12.7 Å². The van der Waals surface area contributed by atoms with Crippen molar-refractivity contribution < 1.29 is 32.4 Å². The topological polar surface area (TPSA) is 88.1 Å². The Bertz CT molecular complexity index is 355. The number of hydrogen-bond acceptors (Lipinski definition) is 8. The Kier molecular flexibility index (Phi) is 8.00. The lowest BCUT2D eigenvalue weighted by Gasteiger charge is -2.26. The van der Waals surface area contributed by atoms with Crippen LogP contribution in [0.5, 0.6) is 0 Å². The van der Waals surface area contributed by atoms with Gasteiger partial charge in [0.2, 0.25) is 0 Å². The fourth-order valence-electron chi connectivity index (χ4n) is 1.38. The molecule has 114 valence electrons. The van der Waals surface area contributed by atoms with Crippen LogP contribution in [0.25, 0.3) is 0 Å². The monoisotopic (exact) mass is 322 g/mol. The van der Waals surface area contributed by atoms with Crippen LogP contribution >= 0.6 is 12.2 Å². The van der Waals surface area contributed by atoms with Crippen LogP contribution in [-0.4, -0.2) is 38.4 Å². The Labute approximate surface area is 123 Å². The largest absolute Gasteiger partial charge is 0.705 e. The zero-order valence-corrected chi connectivity index (χ0v) is 13.7. The lowest BCUT2D eigenvalue weighted by atomic mass is 10.5. The summed E-state index contributed by atoms with van der Waals surface area (Å²) < 4.78 is 20.1. The van der Waals surface area contributed by atoms with E-state index in [0.29, 0.717) is 11.5 Å². The van der Waals surface area contributed by atoms with E-state index in [2.05, 4.69) is 0 Å². The third kappa shape index (κ3) is 8.59. The van der Waals surface area contributed by atoms with Gasteiger partial charge in [0.1, 0.15) is 0 Å². The lowest BCUT2D eigenvalue weighted by molar-refractivity contribution is -0.147. The van der Waals surface area contributed by atoms with Crippen LogP contribution < -0.4 is 0 Å². The molecular weight excluding hydrogens is 304 g/mol. The minimum Gasteiger partial charge on any atom is -0.487 e. The highest BCUT2D eigenvalue weighted by atomic mass is 32.1. The van der Waals surface area contributed by atoms with Gasteiger partial charge in [-0.1, -0.05) is 0 Å². The molecule has 0 saturated carbocycles. The van der Waals surface area contributed by atoms with Gasteiger partial charge in [0.25, 0.3) is 17.9 Å². The first kappa shape index (κ1) is 18.5. The number of carbonyl (C=O) groups is 3. The molecule has 0 spiro atoms. The normalized spacial score (nSPS) is 10.4. The van der Waals surface area contributed by atoms with Gasteiger partial charge in [-0.3, -0.25) is 14.4 Å². The summed E-state index contributed by atoms with van der Waals surface area (Å²) in [7, 11) is -3.73. The van der Waals surface area contributed by atoms with Crippen LogP contribution in [-0.2, 0) is 32.4 Å². The summed E-state index contributed by atoms with van der Waals surface area (Å²) in [4.78, 5) is 33.4. The number of carbonyl (C=O) groups excluding carboxylic acids is 3. The molecule has 20 heavy (non-hydrogen) atoms. The molecule has 0 radical (unpaired) electrons. The van der Waals surface area contributed by atoms with E-state index in [4.69, 9.17) is 30.2 Å². The molecule has 0 unspecified atom stereocenters. The van der Waals surface area contributed by atoms with Crippen LogP contribution in [0.4, 0.5) is 0 Å². The predicted octanol–water partition coefficient (Wildman–Crippen LogP) is 1.37. The van der Waals surface area contributed by atoms with Crippen molar-refractivity contribution in [1.29, 1.82) is 0 Å². The van der Waals surface area contributed by atoms with E-state index in [1.165, 1.54) is 0 Å². The maximum atomic E-state index is 11.1. The van der Waals surface area contributed by atoms with Gasteiger partial charge in [-0.2, -0.15) is 0 Å². The molecule has 0 aromatic rings. The Morgan fingerprint density at radius 1 is 0.900 bits per heavy atom. The molecule has 0 aromatic carbocycles. The lowest BCUT2D eigenvalue weighted by Crippen LogP contribution is -2.49. The average molecular weight is 322 g/mol. The maximum Gasteiger partial charge on any atom is 0.705 e. The summed E-state index contributed by atoms with van der Waals surface area (Å²) >= 11 is 4.75. The number of rotatable bonds is 7. The highest BCUT2D eigenvalue weighted by Crippen LogP contribution is 2.19. The van der Waals surface area contributed by atoms with Crippen LogP contribution in [0.3, 0.4) is 0 Å². The van der Waals surface area contributed by atoms with Gasteiger partial charge in [-0.15, -0.1) is 0 Å². The number of thiocarbonyl (C=S) groups is 1. The molecule has 0 fully saturated rings. The minimum atomic E-state index is -3.73. The van der Waals surface area contributed by atoms with Crippen LogP contribution in [0.15, 0.2) is 0 Å². The summed E-state index contributed by atoms with van der Waals surface area (Å²) in [5, 5.41) is 0.365. The van der Waals surface area contributed by atoms with Crippen molar-refractivity contribution in [2.24, 2.45) is 0 Å². The van der Waals surface area contributed by atoms with Crippen molar-refractivity contribution in [1.82, 2.24) is 0 Å². The van der Waals surface area contributed by atoms with E-state index >= 15 is 0 Å². The van der Waals surface area contributed by atoms with Crippen molar-refractivity contribution in [2.45, 2.75) is 40.2 Å². The fourth-order valence-corrected chi connectivity index (χ4v) is 3.78. The van der Waals surface area contributed by atoms with Gasteiger partial charge in [0.05, 0.1) is 12.7 Å². The smallest absolute Gasteiger partial charge is 0.487 e. The van der Waals surface area contributed by atoms with Crippen LogP contribution in [0.2, 0.25) is 6.04 Å². The molecule has 0 aliphatic rings.